The van der Waals surface area contributed by atoms with Gasteiger partial charge in [0.05, 0.1) is 12.7 Å². The van der Waals surface area contributed by atoms with Crippen LogP contribution < -0.4 is 0 Å². The second-order valence-corrected chi connectivity index (χ2v) is 4.73. The van der Waals surface area contributed by atoms with Crippen molar-refractivity contribution in [2.24, 2.45) is 11.8 Å². The summed E-state index contributed by atoms with van der Waals surface area (Å²) in [4.78, 5) is 0. The smallest absolute Gasteiger partial charge is 0.0624 e. The molecule has 90 valence electrons. The Bertz CT molecular complexity index is 153. The lowest BCUT2D eigenvalue weighted by Gasteiger charge is -2.30. The molecule has 0 heterocycles. The molecule has 0 spiro atoms. The van der Waals surface area contributed by atoms with E-state index in [-0.39, 0.29) is 0 Å². The SMILES string of the molecule is CCCC(OC)C(COC)C1CCCC1. The van der Waals surface area contributed by atoms with E-state index in [0.717, 1.165) is 12.5 Å². The summed E-state index contributed by atoms with van der Waals surface area (Å²) in [7, 11) is 3.65. The Morgan fingerprint density at radius 2 is 1.87 bits per heavy atom. The highest BCUT2D eigenvalue weighted by Gasteiger charge is 2.31. The predicted molar refractivity (Wildman–Crippen MR) is 63.0 cm³/mol. The summed E-state index contributed by atoms with van der Waals surface area (Å²) in [5, 5.41) is 0. The molecule has 0 aromatic heterocycles. The van der Waals surface area contributed by atoms with E-state index in [1.54, 1.807) is 7.11 Å². The van der Waals surface area contributed by atoms with Gasteiger partial charge in [-0.25, -0.2) is 0 Å². The standard InChI is InChI=1S/C13H26O2/c1-4-7-13(15-3)12(10-14-2)11-8-5-6-9-11/h11-13H,4-10H2,1-3H3. The molecule has 0 aromatic carbocycles. The molecule has 0 aromatic rings. The first-order valence-corrected chi connectivity index (χ1v) is 6.35. The van der Waals surface area contributed by atoms with E-state index in [4.69, 9.17) is 9.47 Å². The highest BCUT2D eigenvalue weighted by Crippen LogP contribution is 2.35. The number of rotatable bonds is 7. The summed E-state index contributed by atoms with van der Waals surface area (Å²) in [5.74, 6) is 1.45. The summed E-state index contributed by atoms with van der Waals surface area (Å²) in [5.41, 5.74) is 0. The first kappa shape index (κ1) is 13.0. The molecular formula is C13H26O2. The van der Waals surface area contributed by atoms with Crippen LogP contribution in [0.15, 0.2) is 0 Å². The zero-order valence-corrected chi connectivity index (χ0v) is 10.5. The minimum absolute atomic E-state index is 0.401. The summed E-state index contributed by atoms with van der Waals surface area (Å²) in [6.07, 6.45) is 8.31. The topological polar surface area (TPSA) is 18.5 Å². The van der Waals surface area contributed by atoms with Crippen LogP contribution in [0.2, 0.25) is 0 Å². The quantitative estimate of drug-likeness (QED) is 0.647. The summed E-state index contributed by atoms with van der Waals surface area (Å²) in [6, 6.07) is 0. The molecule has 1 rings (SSSR count). The highest BCUT2D eigenvalue weighted by molar-refractivity contribution is 4.81. The third-order valence-electron chi connectivity index (χ3n) is 3.72. The Balaban J connectivity index is 2.52. The maximum atomic E-state index is 5.64. The molecule has 0 saturated heterocycles. The van der Waals surface area contributed by atoms with Gasteiger partial charge < -0.3 is 9.47 Å². The molecule has 0 radical (unpaired) electrons. The average Bonchev–Trinajstić information content (AvgIpc) is 2.76. The van der Waals surface area contributed by atoms with E-state index >= 15 is 0 Å². The van der Waals surface area contributed by atoms with Crippen LogP contribution in [-0.2, 0) is 9.47 Å². The minimum Gasteiger partial charge on any atom is -0.384 e. The normalized spacial score (nSPS) is 21.8. The third kappa shape index (κ3) is 3.76. The number of hydrogen-bond acceptors (Lipinski definition) is 2. The van der Waals surface area contributed by atoms with Gasteiger partial charge in [0.25, 0.3) is 0 Å². The van der Waals surface area contributed by atoms with Crippen LogP contribution in [-0.4, -0.2) is 26.9 Å². The van der Waals surface area contributed by atoms with Gasteiger partial charge in [-0.1, -0.05) is 39.0 Å². The zero-order chi connectivity index (χ0) is 11.1. The summed E-state index contributed by atoms with van der Waals surface area (Å²) in [6.45, 7) is 3.09. The molecule has 0 N–H and O–H groups in total. The molecule has 1 aliphatic carbocycles. The zero-order valence-electron chi connectivity index (χ0n) is 10.5. The second-order valence-electron chi connectivity index (χ2n) is 4.73. The van der Waals surface area contributed by atoms with Crippen LogP contribution in [0.1, 0.15) is 45.4 Å². The predicted octanol–water partition coefficient (Wildman–Crippen LogP) is 3.25. The molecule has 1 fully saturated rings. The monoisotopic (exact) mass is 214 g/mol. The maximum Gasteiger partial charge on any atom is 0.0624 e. The Kier molecular flexibility index (Phi) is 6.26. The van der Waals surface area contributed by atoms with Crippen LogP contribution in [0.5, 0.6) is 0 Å². The molecule has 2 heteroatoms. The Morgan fingerprint density at radius 3 is 2.33 bits per heavy atom. The largest absolute Gasteiger partial charge is 0.384 e. The second kappa shape index (κ2) is 7.24. The van der Waals surface area contributed by atoms with Crippen molar-refractivity contribution < 1.29 is 9.47 Å². The molecule has 0 aliphatic heterocycles. The van der Waals surface area contributed by atoms with Gasteiger partial charge in [-0.3, -0.25) is 0 Å². The van der Waals surface area contributed by atoms with Gasteiger partial charge in [-0.05, 0) is 12.3 Å². The fourth-order valence-electron chi connectivity index (χ4n) is 2.92. The fourth-order valence-corrected chi connectivity index (χ4v) is 2.92. The highest BCUT2D eigenvalue weighted by atomic mass is 16.5. The lowest BCUT2D eigenvalue weighted by Crippen LogP contribution is -2.32. The molecule has 15 heavy (non-hydrogen) atoms. The number of methoxy groups -OCH3 is 2. The Labute approximate surface area is 94.3 Å². The molecule has 1 aliphatic rings. The molecular weight excluding hydrogens is 188 g/mol. The third-order valence-corrected chi connectivity index (χ3v) is 3.72. The molecule has 2 nitrogen and oxygen atoms in total. The fraction of sp³-hybridized carbons (Fsp3) is 1.00. The molecule has 0 amide bonds. The summed E-state index contributed by atoms with van der Waals surface area (Å²) < 4.78 is 11.0. The van der Waals surface area contributed by atoms with E-state index in [1.807, 2.05) is 7.11 Å². The van der Waals surface area contributed by atoms with Gasteiger partial charge >= 0.3 is 0 Å². The first-order chi connectivity index (χ1) is 7.33. The van der Waals surface area contributed by atoms with Crippen molar-refractivity contribution in [1.82, 2.24) is 0 Å². The van der Waals surface area contributed by atoms with Crippen molar-refractivity contribution >= 4 is 0 Å². The van der Waals surface area contributed by atoms with Crippen molar-refractivity contribution in [2.45, 2.75) is 51.6 Å². The van der Waals surface area contributed by atoms with Crippen LogP contribution in [0.3, 0.4) is 0 Å². The van der Waals surface area contributed by atoms with E-state index in [0.29, 0.717) is 12.0 Å². The van der Waals surface area contributed by atoms with Gasteiger partial charge in [0.1, 0.15) is 0 Å². The number of hydrogen-bond donors (Lipinski definition) is 0. The van der Waals surface area contributed by atoms with Gasteiger partial charge in [-0.15, -0.1) is 0 Å². The average molecular weight is 214 g/mol. The molecule has 0 bridgehead atoms. The van der Waals surface area contributed by atoms with Crippen molar-refractivity contribution in [3.05, 3.63) is 0 Å². The van der Waals surface area contributed by atoms with Crippen molar-refractivity contribution in [3.8, 4) is 0 Å². The maximum absolute atomic E-state index is 5.64. The van der Waals surface area contributed by atoms with Gasteiger partial charge in [-0.2, -0.15) is 0 Å². The molecule has 2 unspecified atom stereocenters. The lowest BCUT2D eigenvalue weighted by molar-refractivity contribution is -0.0153. The van der Waals surface area contributed by atoms with Crippen molar-refractivity contribution in [2.75, 3.05) is 20.8 Å². The van der Waals surface area contributed by atoms with Gasteiger partial charge in [0, 0.05) is 20.1 Å². The van der Waals surface area contributed by atoms with Crippen LogP contribution in [0.25, 0.3) is 0 Å². The van der Waals surface area contributed by atoms with E-state index < -0.39 is 0 Å². The van der Waals surface area contributed by atoms with Crippen LogP contribution >= 0.6 is 0 Å². The van der Waals surface area contributed by atoms with E-state index in [9.17, 15) is 0 Å². The van der Waals surface area contributed by atoms with E-state index in [2.05, 4.69) is 6.92 Å². The van der Waals surface area contributed by atoms with Crippen LogP contribution in [0, 0.1) is 11.8 Å². The van der Waals surface area contributed by atoms with Crippen molar-refractivity contribution in [3.63, 3.8) is 0 Å². The van der Waals surface area contributed by atoms with Crippen LogP contribution in [0.4, 0.5) is 0 Å². The summed E-state index contributed by atoms with van der Waals surface area (Å²) >= 11 is 0. The Morgan fingerprint density at radius 1 is 1.20 bits per heavy atom. The molecule has 2 atom stereocenters. The number of ether oxygens (including phenoxy) is 2. The first-order valence-electron chi connectivity index (χ1n) is 6.35. The van der Waals surface area contributed by atoms with Gasteiger partial charge in [0.15, 0.2) is 0 Å². The Hall–Kier alpha value is -0.0800. The van der Waals surface area contributed by atoms with Crippen molar-refractivity contribution in [1.29, 1.82) is 0 Å². The van der Waals surface area contributed by atoms with E-state index in [1.165, 1.54) is 38.5 Å². The van der Waals surface area contributed by atoms with Gasteiger partial charge in [0.2, 0.25) is 0 Å². The molecule has 1 saturated carbocycles. The lowest BCUT2D eigenvalue weighted by atomic mass is 9.85. The minimum atomic E-state index is 0.401.